The first-order chi connectivity index (χ1) is 8.87. The van der Waals surface area contributed by atoms with Crippen molar-refractivity contribution in [2.45, 2.75) is 12.5 Å². The molecule has 0 atom stereocenters. The predicted octanol–water partition coefficient (Wildman–Crippen LogP) is 2.90. The zero-order valence-electron chi connectivity index (χ0n) is 10.1. The zero-order chi connectivity index (χ0) is 13.8. The molecule has 0 bridgehead atoms. The van der Waals surface area contributed by atoms with E-state index in [2.05, 4.69) is 0 Å². The maximum Gasteiger partial charge on any atom is 0.265 e. The first-order valence-electron chi connectivity index (χ1n) is 5.77. The van der Waals surface area contributed by atoms with E-state index < -0.39 is 5.60 Å². The third-order valence-electron chi connectivity index (χ3n) is 3.14. The minimum Gasteiger partial charge on any atom is -0.386 e. The lowest BCUT2D eigenvalue weighted by Crippen LogP contribution is -2.61. The van der Waals surface area contributed by atoms with Crippen molar-refractivity contribution in [2.24, 2.45) is 0 Å². The molecule has 6 heteroatoms. The van der Waals surface area contributed by atoms with Gasteiger partial charge in [-0.05, 0) is 25.1 Å². The van der Waals surface area contributed by atoms with E-state index >= 15 is 0 Å². The Morgan fingerprint density at radius 1 is 1.53 bits per heavy atom. The molecule has 2 heterocycles. The molecule has 1 aliphatic heterocycles. The number of carbonyl (C=O) groups excluding carboxylic acids is 1. The number of benzene rings is 1. The van der Waals surface area contributed by atoms with Crippen LogP contribution < -0.4 is 0 Å². The van der Waals surface area contributed by atoms with Crippen molar-refractivity contribution >= 4 is 38.9 Å². The molecule has 3 nitrogen and oxygen atoms in total. The molecular weight excluding hydrogens is 289 g/mol. The molecule has 1 fully saturated rings. The molecule has 0 spiro atoms. The van der Waals surface area contributed by atoms with Crippen molar-refractivity contribution < 1.29 is 14.3 Å². The summed E-state index contributed by atoms with van der Waals surface area (Å²) in [5.41, 5.74) is -0.815. The Hall–Kier alpha value is -1.17. The van der Waals surface area contributed by atoms with Crippen molar-refractivity contribution in [1.82, 2.24) is 4.90 Å². The number of fused-ring (bicyclic) bond motifs is 1. The first-order valence-corrected chi connectivity index (χ1v) is 6.96. The number of thiophene rings is 1. The lowest BCUT2D eigenvalue weighted by atomic mass is 9.97. The van der Waals surface area contributed by atoms with Gasteiger partial charge in [-0.3, -0.25) is 4.79 Å². The van der Waals surface area contributed by atoms with Gasteiger partial charge in [0.1, 0.15) is 10.7 Å². The fourth-order valence-corrected chi connectivity index (χ4v) is 3.74. The minimum atomic E-state index is -0.815. The van der Waals surface area contributed by atoms with Crippen LogP contribution in [0.2, 0.25) is 5.02 Å². The Kier molecular flexibility index (Phi) is 2.81. The second-order valence-electron chi connectivity index (χ2n) is 5.04. The average molecular weight is 300 g/mol. The summed E-state index contributed by atoms with van der Waals surface area (Å²) in [5, 5.41) is 10.7. The highest BCUT2D eigenvalue weighted by atomic mass is 35.5. The topological polar surface area (TPSA) is 40.5 Å². The van der Waals surface area contributed by atoms with Gasteiger partial charge in [-0.25, -0.2) is 4.39 Å². The van der Waals surface area contributed by atoms with Crippen molar-refractivity contribution in [1.29, 1.82) is 0 Å². The summed E-state index contributed by atoms with van der Waals surface area (Å²) >= 11 is 7.36. The van der Waals surface area contributed by atoms with Crippen molar-refractivity contribution in [3.05, 3.63) is 33.9 Å². The van der Waals surface area contributed by atoms with E-state index in [1.165, 1.54) is 28.4 Å². The number of halogens is 2. The summed E-state index contributed by atoms with van der Waals surface area (Å²) in [4.78, 5) is 14.2. The number of hydrogen-bond acceptors (Lipinski definition) is 3. The van der Waals surface area contributed by atoms with Gasteiger partial charge in [0, 0.05) is 10.1 Å². The third-order valence-corrected chi connectivity index (χ3v) is 4.78. The van der Waals surface area contributed by atoms with E-state index in [1.807, 2.05) is 0 Å². The van der Waals surface area contributed by atoms with Crippen LogP contribution in [-0.4, -0.2) is 34.6 Å². The summed E-state index contributed by atoms with van der Waals surface area (Å²) in [5.74, 6) is -0.561. The number of nitrogens with zero attached hydrogens (tertiary/aromatic N) is 1. The van der Waals surface area contributed by atoms with E-state index in [1.54, 1.807) is 13.0 Å². The molecular formula is C13H11ClFNO2S. The summed E-state index contributed by atoms with van der Waals surface area (Å²) in [6, 6.07) is 4.27. The highest BCUT2D eigenvalue weighted by Gasteiger charge is 2.40. The van der Waals surface area contributed by atoms with Gasteiger partial charge in [0.25, 0.3) is 5.91 Å². The standard InChI is InChI=1S/C13H11ClFNO2S/c1-13(18)5-16(6-13)12(17)11-10(14)8-3-2-7(15)4-9(8)19-11/h2-4,18H,5-6H2,1H3. The van der Waals surface area contributed by atoms with Gasteiger partial charge in [0.05, 0.1) is 23.7 Å². The Bertz CT molecular complexity index is 675. The summed E-state index contributed by atoms with van der Waals surface area (Å²) in [6.45, 7) is 2.27. The van der Waals surface area contributed by atoms with Gasteiger partial charge in [-0.1, -0.05) is 11.6 Å². The fourth-order valence-electron chi connectivity index (χ4n) is 2.24. The molecule has 0 saturated carbocycles. The molecule has 1 saturated heterocycles. The maximum absolute atomic E-state index is 13.2. The Labute approximate surface area is 118 Å². The van der Waals surface area contributed by atoms with E-state index in [4.69, 9.17) is 11.6 Å². The summed E-state index contributed by atoms with van der Waals surface area (Å²) in [7, 11) is 0. The number of carbonyl (C=O) groups is 1. The normalized spacial score (nSPS) is 17.6. The van der Waals surface area contributed by atoms with E-state index in [0.717, 1.165) is 0 Å². The fraction of sp³-hybridized carbons (Fsp3) is 0.308. The van der Waals surface area contributed by atoms with Crippen LogP contribution in [0.25, 0.3) is 10.1 Å². The third kappa shape index (κ3) is 2.12. The second-order valence-corrected chi connectivity index (χ2v) is 6.47. The number of amides is 1. The maximum atomic E-state index is 13.2. The molecule has 1 N–H and O–H groups in total. The first kappa shape index (κ1) is 12.8. The predicted molar refractivity (Wildman–Crippen MR) is 73.3 cm³/mol. The van der Waals surface area contributed by atoms with Gasteiger partial charge in [-0.2, -0.15) is 0 Å². The van der Waals surface area contributed by atoms with Crippen LogP contribution in [-0.2, 0) is 0 Å². The largest absolute Gasteiger partial charge is 0.386 e. The number of likely N-dealkylation sites (tertiary alicyclic amines) is 1. The van der Waals surface area contributed by atoms with Crippen LogP contribution in [0.15, 0.2) is 18.2 Å². The van der Waals surface area contributed by atoms with Crippen LogP contribution in [0.4, 0.5) is 4.39 Å². The highest BCUT2D eigenvalue weighted by Crippen LogP contribution is 2.37. The lowest BCUT2D eigenvalue weighted by Gasteiger charge is -2.43. The van der Waals surface area contributed by atoms with Gasteiger partial charge in [0.2, 0.25) is 0 Å². The van der Waals surface area contributed by atoms with Crippen LogP contribution in [0.3, 0.4) is 0 Å². The smallest absolute Gasteiger partial charge is 0.265 e. The van der Waals surface area contributed by atoms with Gasteiger partial charge < -0.3 is 10.0 Å². The highest BCUT2D eigenvalue weighted by molar-refractivity contribution is 7.21. The Morgan fingerprint density at radius 2 is 2.21 bits per heavy atom. The van der Waals surface area contributed by atoms with Crippen molar-refractivity contribution in [2.75, 3.05) is 13.1 Å². The number of aliphatic hydroxyl groups is 1. The number of hydrogen-bond donors (Lipinski definition) is 1. The Morgan fingerprint density at radius 3 is 2.84 bits per heavy atom. The van der Waals surface area contributed by atoms with Crippen LogP contribution in [0.5, 0.6) is 0 Å². The molecule has 19 heavy (non-hydrogen) atoms. The lowest BCUT2D eigenvalue weighted by molar-refractivity contribution is -0.0666. The number of β-amino-alcohol motifs (C(OH)–C–C–N with tert-alkyl or cyclic N) is 1. The van der Waals surface area contributed by atoms with Gasteiger partial charge >= 0.3 is 0 Å². The molecule has 1 amide bonds. The SMILES string of the molecule is CC1(O)CN(C(=O)c2sc3cc(F)ccc3c2Cl)C1. The van der Waals surface area contributed by atoms with Gasteiger partial charge in [-0.15, -0.1) is 11.3 Å². The monoisotopic (exact) mass is 299 g/mol. The van der Waals surface area contributed by atoms with Crippen LogP contribution >= 0.6 is 22.9 Å². The van der Waals surface area contributed by atoms with Crippen LogP contribution in [0, 0.1) is 5.82 Å². The van der Waals surface area contributed by atoms with Gasteiger partial charge in [0.15, 0.2) is 0 Å². The number of rotatable bonds is 1. The molecule has 1 aromatic carbocycles. The Balaban J connectivity index is 1.97. The zero-order valence-corrected chi connectivity index (χ0v) is 11.7. The molecule has 2 aromatic rings. The van der Waals surface area contributed by atoms with E-state index in [9.17, 15) is 14.3 Å². The summed E-state index contributed by atoms with van der Waals surface area (Å²) in [6.07, 6.45) is 0. The quantitative estimate of drug-likeness (QED) is 0.879. The summed E-state index contributed by atoms with van der Waals surface area (Å²) < 4.78 is 13.8. The molecule has 0 aliphatic carbocycles. The van der Waals surface area contributed by atoms with Crippen LogP contribution in [0.1, 0.15) is 16.6 Å². The van der Waals surface area contributed by atoms with Crippen molar-refractivity contribution in [3.63, 3.8) is 0 Å². The molecule has 0 radical (unpaired) electrons. The average Bonchev–Trinajstić information content (AvgIpc) is 2.62. The minimum absolute atomic E-state index is 0.210. The molecule has 1 aliphatic rings. The van der Waals surface area contributed by atoms with Crippen molar-refractivity contribution in [3.8, 4) is 0 Å². The second kappa shape index (κ2) is 4.16. The molecule has 1 aromatic heterocycles. The molecule has 3 rings (SSSR count). The van der Waals surface area contributed by atoms with E-state index in [0.29, 0.717) is 33.1 Å². The molecule has 0 unspecified atom stereocenters. The van der Waals surface area contributed by atoms with E-state index in [-0.39, 0.29) is 11.7 Å². The molecule has 100 valence electrons.